The zero-order chi connectivity index (χ0) is 14.5. The lowest BCUT2D eigenvalue weighted by atomic mass is 10.2. The summed E-state index contributed by atoms with van der Waals surface area (Å²) in [6.45, 7) is 11.8. The molecular formula is C12H22BrNO3S. The molecule has 18 heavy (non-hydrogen) atoms. The van der Waals surface area contributed by atoms with Crippen LogP contribution in [0.3, 0.4) is 0 Å². The molecule has 0 aliphatic heterocycles. The summed E-state index contributed by atoms with van der Waals surface area (Å²) >= 11 is 3.43. The highest BCUT2D eigenvalue weighted by atomic mass is 79.9. The molecular weight excluding hydrogens is 318 g/mol. The zero-order valence-electron chi connectivity index (χ0n) is 11.6. The smallest absolute Gasteiger partial charge is 0.264 e. The molecule has 1 atom stereocenters. The third kappa shape index (κ3) is 6.02. The highest BCUT2D eigenvalue weighted by Crippen LogP contribution is 2.22. The Morgan fingerprint density at radius 2 is 1.94 bits per heavy atom. The molecule has 0 rings (SSSR count). The summed E-state index contributed by atoms with van der Waals surface area (Å²) in [5, 5.41) is 0. The van der Waals surface area contributed by atoms with Crippen molar-refractivity contribution in [3.05, 3.63) is 22.8 Å². The van der Waals surface area contributed by atoms with Gasteiger partial charge in [0.2, 0.25) is 0 Å². The average Bonchev–Trinajstić information content (AvgIpc) is 2.23. The third-order valence-electron chi connectivity index (χ3n) is 2.47. The van der Waals surface area contributed by atoms with Gasteiger partial charge >= 0.3 is 0 Å². The molecule has 0 spiro atoms. The molecule has 1 unspecified atom stereocenters. The fraction of sp³-hybridized carbons (Fsp3) is 0.667. The van der Waals surface area contributed by atoms with Gasteiger partial charge in [-0.1, -0.05) is 12.7 Å². The third-order valence-corrected chi connectivity index (χ3v) is 3.93. The van der Waals surface area contributed by atoms with E-state index in [2.05, 4.69) is 27.4 Å². The van der Waals surface area contributed by atoms with Gasteiger partial charge in [0.25, 0.3) is 10.1 Å². The largest absolute Gasteiger partial charge is 0.367 e. The van der Waals surface area contributed by atoms with Crippen molar-refractivity contribution >= 4 is 26.0 Å². The molecule has 106 valence electrons. The highest BCUT2D eigenvalue weighted by molar-refractivity contribution is 9.11. The van der Waals surface area contributed by atoms with Crippen LogP contribution >= 0.6 is 15.9 Å². The van der Waals surface area contributed by atoms with E-state index in [1.807, 2.05) is 27.7 Å². The first kappa shape index (κ1) is 17.7. The number of halogens is 1. The van der Waals surface area contributed by atoms with Crippen LogP contribution in [-0.4, -0.2) is 38.3 Å². The zero-order valence-corrected chi connectivity index (χ0v) is 14.0. The number of rotatable bonds is 7. The summed E-state index contributed by atoms with van der Waals surface area (Å²) in [6, 6.07) is 0.183. The maximum absolute atomic E-state index is 11.0. The predicted octanol–water partition coefficient (Wildman–Crippen LogP) is 2.87. The second-order valence-electron chi connectivity index (χ2n) is 4.48. The van der Waals surface area contributed by atoms with Crippen LogP contribution < -0.4 is 0 Å². The summed E-state index contributed by atoms with van der Waals surface area (Å²) in [5.41, 5.74) is 1.00. The minimum absolute atomic E-state index is 0.0489. The van der Waals surface area contributed by atoms with Gasteiger partial charge in [-0.05, 0) is 43.6 Å². The molecule has 0 amide bonds. The predicted molar refractivity (Wildman–Crippen MR) is 79.1 cm³/mol. The molecule has 0 N–H and O–H groups in total. The van der Waals surface area contributed by atoms with Gasteiger partial charge < -0.3 is 4.90 Å². The van der Waals surface area contributed by atoms with Gasteiger partial charge in [0.1, 0.15) is 0 Å². The van der Waals surface area contributed by atoms with E-state index in [1.54, 1.807) is 6.08 Å². The first-order valence-electron chi connectivity index (χ1n) is 5.71. The van der Waals surface area contributed by atoms with Gasteiger partial charge in [-0.2, -0.15) is 8.42 Å². The highest BCUT2D eigenvalue weighted by Gasteiger charge is 2.20. The van der Waals surface area contributed by atoms with Crippen LogP contribution in [0.25, 0.3) is 0 Å². The molecule has 0 aromatic heterocycles. The molecule has 0 aliphatic rings. The van der Waals surface area contributed by atoms with E-state index in [1.165, 1.54) is 0 Å². The fourth-order valence-corrected chi connectivity index (χ4v) is 2.45. The number of hydrogen-bond donors (Lipinski definition) is 0. The summed E-state index contributed by atoms with van der Waals surface area (Å²) in [4.78, 5) is 2.09. The summed E-state index contributed by atoms with van der Waals surface area (Å²) in [6.07, 6.45) is 2.77. The van der Waals surface area contributed by atoms with Crippen molar-refractivity contribution in [2.45, 2.75) is 39.8 Å². The number of nitrogens with zero attached hydrogens (tertiary/aromatic N) is 1. The minimum atomic E-state index is -3.40. The van der Waals surface area contributed by atoms with E-state index in [-0.39, 0.29) is 18.7 Å². The van der Waals surface area contributed by atoms with Gasteiger partial charge in [-0.15, -0.1) is 0 Å². The Morgan fingerprint density at radius 1 is 1.44 bits per heavy atom. The lowest BCUT2D eigenvalue weighted by Crippen LogP contribution is -2.40. The van der Waals surface area contributed by atoms with E-state index in [0.717, 1.165) is 16.4 Å². The normalized spacial score (nSPS) is 15.3. The minimum Gasteiger partial charge on any atom is -0.367 e. The van der Waals surface area contributed by atoms with E-state index in [4.69, 9.17) is 4.18 Å². The Hall–Kier alpha value is -0.330. The van der Waals surface area contributed by atoms with Crippen molar-refractivity contribution in [3.63, 3.8) is 0 Å². The van der Waals surface area contributed by atoms with Crippen LogP contribution in [0.5, 0.6) is 0 Å². The molecule has 0 saturated carbocycles. The molecule has 0 radical (unpaired) electrons. The van der Waals surface area contributed by atoms with E-state index in [9.17, 15) is 8.42 Å². The van der Waals surface area contributed by atoms with Crippen molar-refractivity contribution in [1.29, 1.82) is 0 Å². The lowest BCUT2D eigenvalue weighted by molar-refractivity contribution is 0.156. The molecule has 6 heteroatoms. The van der Waals surface area contributed by atoms with Crippen LogP contribution in [0, 0.1) is 0 Å². The Kier molecular flexibility index (Phi) is 7.17. The van der Waals surface area contributed by atoms with Crippen LogP contribution in [0.15, 0.2) is 22.8 Å². The summed E-state index contributed by atoms with van der Waals surface area (Å²) < 4.78 is 27.8. The second kappa shape index (κ2) is 7.31. The molecule has 0 fully saturated rings. The van der Waals surface area contributed by atoms with Gasteiger partial charge in [0.15, 0.2) is 0 Å². The van der Waals surface area contributed by atoms with Gasteiger partial charge in [0, 0.05) is 16.2 Å². The van der Waals surface area contributed by atoms with Crippen LogP contribution in [0.4, 0.5) is 0 Å². The van der Waals surface area contributed by atoms with Crippen molar-refractivity contribution in [2.24, 2.45) is 0 Å². The van der Waals surface area contributed by atoms with Crippen molar-refractivity contribution in [2.75, 3.05) is 12.9 Å². The van der Waals surface area contributed by atoms with Gasteiger partial charge in [-0.3, -0.25) is 4.18 Å². The Balaban J connectivity index is 4.98. The number of hydrogen-bond acceptors (Lipinski definition) is 4. The monoisotopic (exact) mass is 339 g/mol. The maximum atomic E-state index is 11.0. The van der Waals surface area contributed by atoms with E-state index >= 15 is 0 Å². The Labute approximate surface area is 119 Å². The first-order valence-corrected chi connectivity index (χ1v) is 8.32. The quantitative estimate of drug-likeness (QED) is 0.528. The Morgan fingerprint density at radius 3 is 2.28 bits per heavy atom. The molecule has 4 nitrogen and oxygen atoms in total. The van der Waals surface area contributed by atoms with Crippen LogP contribution in [0.1, 0.15) is 27.7 Å². The topological polar surface area (TPSA) is 46.6 Å². The molecule has 0 aromatic rings. The van der Waals surface area contributed by atoms with Crippen molar-refractivity contribution in [1.82, 2.24) is 4.90 Å². The molecule has 0 saturated heterocycles. The van der Waals surface area contributed by atoms with Crippen LogP contribution in [0.2, 0.25) is 0 Å². The molecule has 0 aromatic carbocycles. The first-order chi connectivity index (χ1) is 8.10. The summed E-state index contributed by atoms with van der Waals surface area (Å²) in [5.74, 6) is 0. The number of allylic oxidation sites excluding steroid dienone is 3. The summed E-state index contributed by atoms with van der Waals surface area (Å²) in [7, 11) is -3.40. The molecule has 0 aliphatic carbocycles. The molecule has 0 heterocycles. The second-order valence-corrected chi connectivity index (χ2v) is 6.97. The van der Waals surface area contributed by atoms with E-state index in [0.29, 0.717) is 0 Å². The van der Waals surface area contributed by atoms with E-state index < -0.39 is 10.1 Å². The van der Waals surface area contributed by atoms with Gasteiger partial charge in [0.05, 0.1) is 18.9 Å². The lowest BCUT2D eigenvalue weighted by Gasteiger charge is -2.35. The fourth-order valence-electron chi connectivity index (χ4n) is 1.80. The van der Waals surface area contributed by atoms with Crippen molar-refractivity contribution < 1.29 is 12.6 Å². The SMILES string of the molecule is C=C/C(Br)=C(\C)N(C(C)C)C(C)COS(C)(=O)=O. The standard InChI is InChI=1S/C12H22BrNO3S/c1-7-12(13)11(5)14(9(2)3)10(4)8-17-18(6,15)16/h7,9-10H,1,8H2,2-6H3/b12-11-. The van der Waals surface area contributed by atoms with Crippen LogP contribution in [-0.2, 0) is 14.3 Å². The Bertz CT molecular complexity index is 415. The maximum Gasteiger partial charge on any atom is 0.264 e. The average molecular weight is 340 g/mol. The van der Waals surface area contributed by atoms with Gasteiger partial charge in [-0.25, -0.2) is 0 Å². The van der Waals surface area contributed by atoms with Crippen molar-refractivity contribution in [3.8, 4) is 0 Å². The molecule has 0 bridgehead atoms.